The van der Waals surface area contributed by atoms with Crippen LogP contribution < -0.4 is 10.1 Å². The van der Waals surface area contributed by atoms with E-state index in [0.717, 1.165) is 0 Å². The molecule has 2 rings (SSSR count). The molecule has 0 radical (unpaired) electrons. The molecule has 7 heteroatoms. The number of nitriles is 1. The van der Waals surface area contributed by atoms with Crippen LogP contribution in [0.5, 0.6) is 11.5 Å². The molecule has 1 amide bonds. The van der Waals surface area contributed by atoms with Gasteiger partial charge in [-0.25, -0.2) is 0 Å². The van der Waals surface area contributed by atoms with Crippen LogP contribution in [0.15, 0.2) is 46.4 Å². The number of phenols is 1. The second-order valence-electron chi connectivity index (χ2n) is 4.68. The minimum atomic E-state index is -0.553. The van der Waals surface area contributed by atoms with E-state index in [-0.39, 0.29) is 17.1 Å². The van der Waals surface area contributed by atoms with Gasteiger partial charge in [0, 0.05) is 10.7 Å². The normalized spacial score (nSPS) is 10.8. The molecule has 0 aliphatic rings. The molecular formula is C17H12BrClN2O3. The van der Waals surface area contributed by atoms with Crippen LogP contribution in [0, 0.1) is 11.3 Å². The van der Waals surface area contributed by atoms with Crippen molar-refractivity contribution in [3.05, 3.63) is 57.0 Å². The first kappa shape index (κ1) is 17.9. The largest absolute Gasteiger partial charge is 0.503 e. The number of ether oxygens (including phenoxy) is 1. The topological polar surface area (TPSA) is 82.3 Å². The van der Waals surface area contributed by atoms with Crippen molar-refractivity contribution in [3.8, 4) is 17.6 Å². The third kappa shape index (κ3) is 4.28. The first-order chi connectivity index (χ1) is 11.4. The molecule has 0 aromatic heterocycles. The Morgan fingerprint density at radius 2 is 2.04 bits per heavy atom. The summed E-state index contributed by atoms with van der Waals surface area (Å²) >= 11 is 8.98. The van der Waals surface area contributed by atoms with E-state index in [4.69, 9.17) is 16.3 Å². The molecule has 0 spiro atoms. The van der Waals surface area contributed by atoms with Gasteiger partial charge in [0.1, 0.15) is 11.6 Å². The molecule has 0 saturated heterocycles. The molecule has 0 bridgehead atoms. The summed E-state index contributed by atoms with van der Waals surface area (Å²) in [5, 5.41) is 22.2. The van der Waals surface area contributed by atoms with Crippen molar-refractivity contribution in [3.63, 3.8) is 0 Å². The number of nitrogens with one attached hydrogen (secondary N) is 1. The van der Waals surface area contributed by atoms with Crippen LogP contribution in [0.3, 0.4) is 0 Å². The molecule has 0 atom stereocenters. The molecule has 0 unspecified atom stereocenters. The van der Waals surface area contributed by atoms with Gasteiger partial charge < -0.3 is 15.2 Å². The lowest BCUT2D eigenvalue weighted by Crippen LogP contribution is -2.13. The van der Waals surface area contributed by atoms with E-state index >= 15 is 0 Å². The fourth-order valence-electron chi connectivity index (χ4n) is 1.88. The number of methoxy groups -OCH3 is 1. The van der Waals surface area contributed by atoms with Crippen LogP contribution >= 0.6 is 27.5 Å². The smallest absolute Gasteiger partial charge is 0.266 e. The molecule has 0 aliphatic heterocycles. The summed E-state index contributed by atoms with van der Waals surface area (Å²) in [5.74, 6) is -0.382. The monoisotopic (exact) mass is 406 g/mol. The van der Waals surface area contributed by atoms with E-state index in [2.05, 4.69) is 21.2 Å². The Balaban J connectivity index is 2.29. The molecule has 0 aliphatic carbocycles. The van der Waals surface area contributed by atoms with Crippen molar-refractivity contribution >= 4 is 45.2 Å². The Labute approximate surface area is 152 Å². The fourth-order valence-corrected chi connectivity index (χ4v) is 2.47. The number of nitrogens with zero attached hydrogens (tertiary/aromatic N) is 1. The maximum Gasteiger partial charge on any atom is 0.266 e. The van der Waals surface area contributed by atoms with Crippen molar-refractivity contribution in [2.24, 2.45) is 0 Å². The second kappa shape index (κ2) is 7.86. The Morgan fingerprint density at radius 1 is 1.38 bits per heavy atom. The number of halogens is 2. The Hall–Kier alpha value is -2.49. The van der Waals surface area contributed by atoms with Crippen LogP contribution in [0.4, 0.5) is 5.69 Å². The van der Waals surface area contributed by atoms with Crippen molar-refractivity contribution in [1.29, 1.82) is 5.26 Å². The summed E-state index contributed by atoms with van der Waals surface area (Å²) < 4.78 is 5.44. The quantitative estimate of drug-likeness (QED) is 0.583. The zero-order chi connectivity index (χ0) is 17.7. The lowest BCUT2D eigenvalue weighted by molar-refractivity contribution is -0.112. The van der Waals surface area contributed by atoms with Crippen LogP contribution in [-0.4, -0.2) is 18.1 Å². The van der Waals surface area contributed by atoms with E-state index in [0.29, 0.717) is 20.7 Å². The highest BCUT2D eigenvalue weighted by molar-refractivity contribution is 9.10. The zero-order valence-corrected chi connectivity index (χ0v) is 14.9. The molecule has 24 heavy (non-hydrogen) atoms. The number of anilines is 1. The van der Waals surface area contributed by atoms with E-state index in [1.807, 2.05) is 6.07 Å². The van der Waals surface area contributed by atoms with Gasteiger partial charge in [-0.1, -0.05) is 11.6 Å². The van der Waals surface area contributed by atoms with Gasteiger partial charge in [-0.3, -0.25) is 4.79 Å². The third-order valence-corrected chi connectivity index (χ3v) is 3.91. The van der Waals surface area contributed by atoms with Gasteiger partial charge in [0.25, 0.3) is 5.91 Å². The third-order valence-electron chi connectivity index (χ3n) is 3.05. The maximum atomic E-state index is 12.2. The Bertz CT molecular complexity index is 842. The summed E-state index contributed by atoms with van der Waals surface area (Å²) in [4.78, 5) is 12.2. The van der Waals surface area contributed by atoms with Gasteiger partial charge >= 0.3 is 0 Å². The summed E-state index contributed by atoms with van der Waals surface area (Å²) in [5.41, 5.74) is 0.957. The molecule has 2 aromatic rings. The first-order valence-corrected chi connectivity index (χ1v) is 7.87. The number of carbonyl (C=O) groups is 1. The molecular weight excluding hydrogens is 396 g/mol. The van der Waals surface area contributed by atoms with E-state index in [9.17, 15) is 15.2 Å². The van der Waals surface area contributed by atoms with E-state index < -0.39 is 5.91 Å². The number of hydrogen-bond donors (Lipinski definition) is 2. The number of rotatable bonds is 4. The van der Waals surface area contributed by atoms with E-state index in [1.165, 1.54) is 19.3 Å². The van der Waals surface area contributed by atoms with Crippen LogP contribution in [0.1, 0.15) is 5.56 Å². The molecule has 0 saturated carbocycles. The minimum absolute atomic E-state index is 0.0567. The first-order valence-electron chi connectivity index (χ1n) is 6.70. The summed E-state index contributed by atoms with van der Waals surface area (Å²) in [6.45, 7) is 0. The SMILES string of the molecule is COc1cc(/C=C(/C#N)C(=O)Nc2ccc(Cl)cc2)cc(Br)c1O. The number of benzene rings is 2. The average Bonchev–Trinajstić information content (AvgIpc) is 2.57. The summed E-state index contributed by atoms with van der Waals surface area (Å²) in [6.07, 6.45) is 1.40. The number of phenolic OH excluding ortho intramolecular Hbond substituents is 1. The number of carbonyl (C=O) groups excluding carboxylic acids is 1. The molecule has 2 N–H and O–H groups in total. The summed E-state index contributed by atoms with van der Waals surface area (Å²) in [6, 6.07) is 11.5. The number of hydrogen-bond acceptors (Lipinski definition) is 4. The Morgan fingerprint density at radius 3 is 2.62 bits per heavy atom. The van der Waals surface area contributed by atoms with Gasteiger partial charge in [-0.15, -0.1) is 0 Å². The van der Waals surface area contributed by atoms with Gasteiger partial charge in [0.15, 0.2) is 11.5 Å². The maximum absolute atomic E-state index is 12.2. The minimum Gasteiger partial charge on any atom is -0.503 e. The highest BCUT2D eigenvalue weighted by atomic mass is 79.9. The van der Waals surface area contributed by atoms with Crippen LogP contribution in [0.25, 0.3) is 6.08 Å². The van der Waals surface area contributed by atoms with Gasteiger partial charge in [0.2, 0.25) is 0 Å². The number of amides is 1. The number of aromatic hydroxyl groups is 1. The molecule has 0 heterocycles. The zero-order valence-electron chi connectivity index (χ0n) is 12.5. The van der Waals surface area contributed by atoms with Crippen molar-refractivity contribution < 1.29 is 14.6 Å². The average molecular weight is 408 g/mol. The van der Waals surface area contributed by atoms with Crippen LogP contribution in [0.2, 0.25) is 5.02 Å². The molecule has 122 valence electrons. The second-order valence-corrected chi connectivity index (χ2v) is 5.98. The van der Waals surface area contributed by atoms with Crippen molar-refractivity contribution in [2.45, 2.75) is 0 Å². The summed E-state index contributed by atoms with van der Waals surface area (Å²) in [7, 11) is 1.41. The van der Waals surface area contributed by atoms with Gasteiger partial charge in [0.05, 0.1) is 11.6 Å². The standard InChI is InChI=1S/C17H12BrClN2O3/c1-24-15-8-10(7-14(18)16(15)22)6-11(9-20)17(23)21-13-4-2-12(19)3-5-13/h2-8,22H,1H3,(H,21,23)/b11-6-. The molecule has 5 nitrogen and oxygen atoms in total. The van der Waals surface area contributed by atoms with E-state index in [1.54, 1.807) is 30.3 Å². The predicted molar refractivity (Wildman–Crippen MR) is 96.0 cm³/mol. The lowest BCUT2D eigenvalue weighted by atomic mass is 10.1. The van der Waals surface area contributed by atoms with Crippen molar-refractivity contribution in [2.75, 3.05) is 12.4 Å². The highest BCUT2D eigenvalue weighted by Crippen LogP contribution is 2.35. The predicted octanol–water partition coefficient (Wildman–Crippen LogP) is 4.36. The lowest BCUT2D eigenvalue weighted by Gasteiger charge is -2.07. The highest BCUT2D eigenvalue weighted by Gasteiger charge is 2.12. The Kier molecular flexibility index (Phi) is 5.85. The van der Waals surface area contributed by atoms with Gasteiger partial charge in [-0.05, 0) is 64.0 Å². The fraction of sp³-hybridized carbons (Fsp3) is 0.0588. The molecule has 0 fully saturated rings. The van der Waals surface area contributed by atoms with Crippen molar-refractivity contribution in [1.82, 2.24) is 0 Å². The van der Waals surface area contributed by atoms with Gasteiger partial charge in [-0.2, -0.15) is 5.26 Å². The molecule has 2 aromatic carbocycles. The van der Waals surface area contributed by atoms with Crippen LogP contribution in [-0.2, 0) is 4.79 Å².